The van der Waals surface area contributed by atoms with Gasteiger partial charge in [0.25, 0.3) is 0 Å². The molecular weight excluding hydrogens is 332 g/mol. The van der Waals surface area contributed by atoms with Gasteiger partial charge in [-0.1, -0.05) is 53.1 Å². The molecule has 2 rings (SSSR count). The van der Waals surface area contributed by atoms with E-state index in [-0.39, 0.29) is 16.6 Å². The van der Waals surface area contributed by atoms with E-state index in [1.54, 1.807) is 18.3 Å². The molecule has 25 heavy (non-hydrogen) atoms. The van der Waals surface area contributed by atoms with Gasteiger partial charge in [0.1, 0.15) is 0 Å². The summed E-state index contributed by atoms with van der Waals surface area (Å²) in [6, 6.07) is 7.16. The molecule has 0 spiro atoms. The first-order valence-corrected chi connectivity index (χ1v) is 8.72. The van der Waals surface area contributed by atoms with Crippen molar-refractivity contribution >= 4 is 23.1 Å². The van der Waals surface area contributed by atoms with Crippen molar-refractivity contribution in [2.24, 2.45) is 21.1 Å². The van der Waals surface area contributed by atoms with Crippen molar-refractivity contribution in [3.05, 3.63) is 64.4 Å². The van der Waals surface area contributed by atoms with Crippen molar-refractivity contribution in [1.82, 2.24) is 0 Å². The molecule has 0 heterocycles. The van der Waals surface area contributed by atoms with Crippen LogP contribution in [-0.4, -0.2) is 5.78 Å². The van der Waals surface area contributed by atoms with Gasteiger partial charge in [0.05, 0.1) is 11.9 Å². The normalized spacial score (nSPS) is 16.1. The van der Waals surface area contributed by atoms with Crippen LogP contribution in [0.5, 0.6) is 0 Å². The van der Waals surface area contributed by atoms with Crippen LogP contribution in [0.3, 0.4) is 0 Å². The molecule has 4 heteroatoms. The number of hydrogen-bond donors (Lipinski definition) is 0. The summed E-state index contributed by atoms with van der Waals surface area (Å²) in [7, 11) is 0. The number of allylic oxidation sites excluding steroid dienone is 5. The second-order valence-corrected chi connectivity index (χ2v) is 8.70. The third-order valence-corrected chi connectivity index (χ3v) is 4.19. The molecule has 0 unspecified atom stereocenters. The van der Waals surface area contributed by atoms with E-state index in [2.05, 4.69) is 51.8 Å². The van der Waals surface area contributed by atoms with Crippen molar-refractivity contribution in [1.29, 1.82) is 0 Å². The molecule has 0 saturated heterocycles. The molecule has 0 amide bonds. The van der Waals surface area contributed by atoms with E-state index in [9.17, 15) is 4.79 Å². The van der Waals surface area contributed by atoms with Gasteiger partial charge in [-0.25, -0.2) is 0 Å². The van der Waals surface area contributed by atoms with Gasteiger partial charge < -0.3 is 0 Å². The highest BCUT2D eigenvalue weighted by Crippen LogP contribution is 2.38. The van der Waals surface area contributed by atoms with Gasteiger partial charge in [0.2, 0.25) is 0 Å². The Kier molecular flexibility index (Phi) is 5.48. The molecule has 1 aromatic rings. The van der Waals surface area contributed by atoms with Crippen LogP contribution in [0, 0.1) is 10.8 Å². The molecule has 3 nitrogen and oxygen atoms in total. The minimum absolute atomic E-state index is 0.117. The predicted octanol–water partition coefficient (Wildman–Crippen LogP) is 6.84. The van der Waals surface area contributed by atoms with E-state index >= 15 is 0 Å². The summed E-state index contributed by atoms with van der Waals surface area (Å²) < 4.78 is 0. The number of nitrogens with zero attached hydrogens (tertiary/aromatic N) is 2. The van der Waals surface area contributed by atoms with Crippen LogP contribution in [0.4, 0.5) is 5.69 Å². The molecule has 0 saturated carbocycles. The Bertz CT molecular complexity index is 747. The van der Waals surface area contributed by atoms with Crippen LogP contribution in [0.15, 0.2) is 69.6 Å². The number of carbonyl (C=O) groups is 1. The summed E-state index contributed by atoms with van der Waals surface area (Å²) >= 11 is 5.87. The lowest BCUT2D eigenvalue weighted by atomic mass is 9.72. The number of Topliss-reactive ketones (excluding diaryl/α,β-unsaturated/α-hetero) is 1. The lowest BCUT2D eigenvalue weighted by Gasteiger charge is -2.31. The molecule has 0 aliphatic heterocycles. The smallest absolute Gasteiger partial charge is 0.186 e. The highest BCUT2D eigenvalue weighted by atomic mass is 35.5. The second-order valence-electron chi connectivity index (χ2n) is 8.27. The van der Waals surface area contributed by atoms with Crippen LogP contribution in [0.1, 0.15) is 41.5 Å². The van der Waals surface area contributed by atoms with E-state index in [1.807, 2.05) is 24.3 Å². The van der Waals surface area contributed by atoms with Gasteiger partial charge in [-0.15, -0.1) is 0 Å². The van der Waals surface area contributed by atoms with Gasteiger partial charge in [-0.3, -0.25) is 4.79 Å². The molecule has 0 fully saturated rings. The Labute approximate surface area is 155 Å². The molecule has 0 radical (unpaired) electrons. The third-order valence-electron chi connectivity index (χ3n) is 3.93. The first-order chi connectivity index (χ1) is 11.5. The Morgan fingerprint density at radius 1 is 0.880 bits per heavy atom. The average Bonchev–Trinajstić information content (AvgIpc) is 2.48. The van der Waals surface area contributed by atoms with Crippen LogP contribution >= 0.6 is 11.6 Å². The summed E-state index contributed by atoms with van der Waals surface area (Å²) in [6.45, 7) is 12.3. The average molecular weight is 357 g/mol. The quantitative estimate of drug-likeness (QED) is 0.535. The number of rotatable bonds is 2. The molecule has 0 N–H and O–H groups in total. The Hall–Kier alpha value is -2.00. The highest BCUT2D eigenvalue weighted by molar-refractivity contribution is 6.30. The van der Waals surface area contributed by atoms with Gasteiger partial charge in [0.15, 0.2) is 5.78 Å². The monoisotopic (exact) mass is 356 g/mol. The fraction of sp³-hybridized carbons (Fsp3) is 0.381. The maximum absolute atomic E-state index is 12.9. The van der Waals surface area contributed by atoms with Crippen molar-refractivity contribution in [2.45, 2.75) is 41.5 Å². The van der Waals surface area contributed by atoms with Crippen molar-refractivity contribution in [3.63, 3.8) is 0 Å². The van der Waals surface area contributed by atoms with Gasteiger partial charge >= 0.3 is 0 Å². The second kappa shape index (κ2) is 7.09. The van der Waals surface area contributed by atoms with Crippen molar-refractivity contribution < 1.29 is 4.79 Å². The SMILES string of the molecule is CC(C)(C)C1=CC(=CN=Nc2ccc(Cl)cc2)C=C(C(C)(C)C)C1=O. The summed E-state index contributed by atoms with van der Waals surface area (Å²) in [4.78, 5) is 12.9. The van der Waals surface area contributed by atoms with E-state index in [1.165, 1.54) is 0 Å². The molecule has 1 aromatic carbocycles. The van der Waals surface area contributed by atoms with Crippen LogP contribution in [0.2, 0.25) is 5.02 Å². The zero-order valence-electron chi connectivity index (χ0n) is 15.7. The highest BCUT2D eigenvalue weighted by Gasteiger charge is 2.33. The van der Waals surface area contributed by atoms with Gasteiger partial charge in [-0.2, -0.15) is 10.2 Å². The number of halogens is 1. The first-order valence-electron chi connectivity index (χ1n) is 8.34. The summed E-state index contributed by atoms with van der Waals surface area (Å²) in [5.41, 5.74) is 2.75. The zero-order chi connectivity index (χ0) is 18.8. The van der Waals surface area contributed by atoms with Crippen molar-refractivity contribution in [2.75, 3.05) is 0 Å². The number of hydrogen-bond acceptors (Lipinski definition) is 3. The number of carbonyl (C=O) groups excluding carboxylic acids is 1. The lowest BCUT2D eigenvalue weighted by Crippen LogP contribution is -2.27. The maximum Gasteiger partial charge on any atom is 0.186 e. The van der Waals surface area contributed by atoms with Gasteiger partial charge in [-0.05, 0) is 52.8 Å². The maximum atomic E-state index is 12.9. The topological polar surface area (TPSA) is 41.8 Å². The summed E-state index contributed by atoms with van der Waals surface area (Å²) in [5.74, 6) is 0.117. The molecule has 132 valence electrons. The fourth-order valence-corrected chi connectivity index (χ4v) is 2.64. The minimum Gasteiger partial charge on any atom is -0.289 e. The van der Waals surface area contributed by atoms with E-state index in [0.29, 0.717) is 5.02 Å². The number of benzene rings is 1. The molecule has 0 aromatic heterocycles. The minimum atomic E-state index is -0.228. The molecule has 0 bridgehead atoms. The van der Waals surface area contributed by atoms with Crippen LogP contribution < -0.4 is 0 Å². The standard InChI is InChI=1S/C21H25ClN2O/c1-20(2,3)17-11-14(12-18(19(17)25)21(4,5)6)13-23-24-16-9-7-15(22)8-10-16/h7-13H,1-6H3. The Morgan fingerprint density at radius 2 is 1.36 bits per heavy atom. The molecule has 1 aliphatic rings. The third kappa shape index (κ3) is 4.99. The molecular formula is C21H25ClN2O. The largest absolute Gasteiger partial charge is 0.289 e. The van der Waals surface area contributed by atoms with E-state index < -0.39 is 0 Å². The molecule has 1 aliphatic carbocycles. The molecule has 0 atom stereocenters. The van der Waals surface area contributed by atoms with Gasteiger partial charge in [0, 0.05) is 16.2 Å². The predicted molar refractivity (Wildman–Crippen MR) is 104 cm³/mol. The zero-order valence-corrected chi connectivity index (χ0v) is 16.5. The van der Waals surface area contributed by atoms with Crippen LogP contribution in [-0.2, 0) is 4.79 Å². The summed E-state index contributed by atoms with van der Waals surface area (Å²) in [5, 5.41) is 9.02. The fourth-order valence-electron chi connectivity index (χ4n) is 2.51. The van der Waals surface area contributed by atoms with E-state index in [4.69, 9.17) is 11.6 Å². The Morgan fingerprint density at radius 3 is 1.80 bits per heavy atom. The summed E-state index contributed by atoms with van der Waals surface area (Å²) in [6.07, 6.45) is 5.52. The number of azo groups is 1. The van der Waals surface area contributed by atoms with E-state index in [0.717, 1.165) is 22.4 Å². The lowest BCUT2D eigenvalue weighted by molar-refractivity contribution is -0.114. The Balaban J connectivity index is 2.39. The first kappa shape index (κ1) is 19.3. The van der Waals surface area contributed by atoms with Crippen LogP contribution in [0.25, 0.3) is 0 Å². The van der Waals surface area contributed by atoms with Crippen molar-refractivity contribution in [3.8, 4) is 0 Å². The number of ketones is 1.